The van der Waals surface area contributed by atoms with Crippen molar-refractivity contribution in [2.75, 3.05) is 13.7 Å². The molecule has 0 unspecified atom stereocenters. The molecule has 2 aromatic rings. The van der Waals surface area contributed by atoms with Crippen molar-refractivity contribution in [1.29, 1.82) is 0 Å². The van der Waals surface area contributed by atoms with Gasteiger partial charge >= 0.3 is 5.97 Å². The molecule has 0 spiro atoms. The fraction of sp³-hybridized carbons (Fsp3) is 0.273. The summed E-state index contributed by atoms with van der Waals surface area (Å²) >= 11 is 0. The van der Waals surface area contributed by atoms with Gasteiger partial charge in [-0.05, 0) is 36.8 Å². The number of ether oxygens (including phenoxy) is 2. The van der Waals surface area contributed by atoms with Crippen molar-refractivity contribution >= 4 is 23.7 Å². The summed E-state index contributed by atoms with van der Waals surface area (Å²) in [6.45, 7) is 3.31. The number of amides is 3. The minimum atomic E-state index is -0.965. The first-order valence-corrected chi connectivity index (χ1v) is 9.61. The predicted octanol–water partition coefficient (Wildman–Crippen LogP) is 2.42. The number of methoxy groups -OCH3 is 1. The second kappa shape index (κ2) is 9.29. The first-order chi connectivity index (χ1) is 14.9. The predicted molar refractivity (Wildman–Crippen MR) is 108 cm³/mol. The summed E-state index contributed by atoms with van der Waals surface area (Å²) in [6, 6.07) is 10.4. The second-order valence-electron chi connectivity index (χ2n) is 6.71. The van der Waals surface area contributed by atoms with E-state index in [0.717, 1.165) is 11.8 Å². The number of hydrogen-bond acceptors (Lipinski definition) is 7. The topological polar surface area (TPSA) is 111 Å². The first kappa shape index (κ1) is 21.8. The highest BCUT2D eigenvalue weighted by molar-refractivity contribution is 6.21. The van der Waals surface area contributed by atoms with Crippen LogP contribution in [0.15, 0.2) is 42.5 Å². The van der Waals surface area contributed by atoms with E-state index >= 15 is 0 Å². The summed E-state index contributed by atoms with van der Waals surface area (Å²) in [7, 11) is 1.49. The number of hydrogen-bond donors (Lipinski definition) is 1. The van der Waals surface area contributed by atoms with Gasteiger partial charge in [-0.1, -0.05) is 18.2 Å². The third-order valence-corrected chi connectivity index (χ3v) is 4.70. The van der Waals surface area contributed by atoms with Gasteiger partial charge in [-0.3, -0.25) is 24.1 Å². The summed E-state index contributed by atoms with van der Waals surface area (Å²) in [5, 5.41) is 0. The van der Waals surface area contributed by atoms with E-state index in [9.17, 15) is 19.2 Å². The van der Waals surface area contributed by atoms with Crippen molar-refractivity contribution in [2.24, 2.45) is 0 Å². The Morgan fingerprint density at radius 2 is 1.68 bits per heavy atom. The summed E-state index contributed by atoms with van der Waals surface area (Å²) in [4.78, 5) is 55.1. The van der Waals surface area contributed by atoms with Crippen molar-refractivity contribution in [2.45, 2.75) is 26.3 Å². The van der Waals surface area contributed by atoms with E-state index in [4.69, 9.17) is 9.47 Å². The molecular weight excluding hydrogens is 404 g/mol. The van der Waals surface area contributed by atoms with Crippen LogP contribution in [0.25, 0.3) is 0 Å². The zero-order valence-corrected chi connectivity index (χ0v) is 17.3. The zero-order chi connectivity index (χ0) is 22.5. The highest BCUT2D eigenvalue weighted by Crippen LogP contribution is 2.37. The third kappa shape index (κ3) is 4.50. The average Bonchev–Trinajstić information content (AvgIpc) is 3.01. The van der Waals surface area contributed by atoms with E-state index in [0.29, 0.717) is 23.7 Å². The van der Waals surface area contributed by atoms with Crippen molar-refractivity contribution in [1.82, 2.24) is 10.4 Å². The Morgan fingerprint density at radius 3 is 2.23 bits per heavy atom. The van der Waals surface area contributed by atoms with Gasteiger partial charge < -0.3 is 14.3 Å². The summed E-state index contributed by atoms with van der Waals surface area (Å²) in [5.74, 6) is -1.53. The molecule has 0 fully saturated rings. The Balaban J connectivity index is 2.01. The molecule has 0 aromatic heterocycles. The number of benzene rings is 2. The number of rotatable bonds is 7. The van der Waals surface area contributed by atoms with Crippen LogP contribution < -0.4 is 15.0 Å². The van der Waals surface area contributed by atoms with Crippen LogP contribution in [0.2, 0.25) is 0 Å². The van der Waals surface area contributed by atoms with Gasteiger partial charge in [0.2, 0.25) is 0 Å². The molecular formula is C22H22N2O7. The second-order valence-corrected chi connectivity index (χ2v) is 6.71. The molecule has 9 nitrogen and oxygen atoms in total. The van der Waals surface area contributed by atoms with Crippen LogP contribution in [0.1, 0.15) is 52.6 Å². The number of fused-ring (bicyclic) bond motifs is 1. The van der Waals surface area contributed by atoms with Crippen LogP contribution >= 0.6 is 0 Å². The van der Waals surface area contributed by atoms with Gasteiger partial charge in [0.25, 0.3) is 17.7 Å². The molecule has 3 rings (SSSR count). The monoisotopic (exact) mass is 426 g/mol. The van der Waals surface area contributed by atoms with Crippen molar-refractivity contribution in [3.05, 3.63) is 59.2 Å². The Morgan fingerprint density at radius 1 is 1.03 bits per heavy atom. The van der Waals surface area contributed by atoms with E-state index in [2.05, 4.69) is 4.84 Å². The van der Waals surface area contributed by atoms with Crippen molar-refractivity contribution in [3.63, 3.8) is 0 Å². The zero-order valence-electron chi connectivity index (χ0n) is 17.3. The van der Waals surface area contributed by atoms with Gasteiger partial charge in [0.1, 0.15) is 0 Å². The molecule has 9 heteroatoms. The van der Waals surface area contributed by atoms with Crippen LogP contribution in [-0.4, -0.2) is 42.3 Å². The lowest BCUT2D eigenvalue weighted by atomic mass is 10.0. The van der Waals surface area contributed by atoms with E-state index in [1.807, 2.05) is 5.48 Å². The lowest BCUT2D eigenvalue weighted by Gasteiger charge is -2.27. The first-order valence-electron chi connectivity index (χ1n) is 9.61. The fourth-order valence-electron chi connectivity index (χ4n) is 3.36. The Hall–Kier alpha value is -3.88. The molecule has 0 saturated heterocycles. The molecule has 0 bridgehead atoms. The highest BCUT2D eigenvalue weighted by Gasteiger charge is 2.41. The van der Waals surface area contributed by atoms with Crippen LogP contribution in [0.5, 0.6) is 11.5 Å². The molecule has 0 aliphatic carbocycles. The maximum absolute atomic E-state index is 13.0. The number of hydroxylamine groups is 1. The van der Waals surface area contributed by atoms with E-state index in [1.165, 1.54) is 7.11 Å². The molecule has 162 valence electrons. The Labute approximate surface area is 178 Å². The molecule has 1 N–H and O–H groups in total. The van der Waals surface area contributed by atoms with E-state index in [1.54, 1.807) is 49.4 Å². The lowest BCUT2D eigenvalue weighted by Crippen LogP contribution is -2.38. The van der Waals surface area contributed by atoms with Gasteiger partial charge in [0.05, 0.1) is 37.3 Å². The highest BCUT2D eigenvalue weighted by atomic mass is 16.7. The maximum atomic E-state index is 13.0. The molecule has 0 saturated carbocycles. The van der Waals surface area contributed by atoms with Gasteiger partial charge in [-0.15, -0.1) is 0 Å². The van der Waals surface area contributed by atoms with Crippen LogP contribution in [-0.2, 0) is 14.4 Å². The number of nitrogens with one attached hydrogen (secondary N) is 1. The number of carbonyl (C=O) groups is 4. The van der Waals surface area contributed by atoms with Crippen LogP contribution in [0, 0.1) is 0 Å². The van der Waals surface area contributed by atoms with Crippen molar-refractivity contribution in [3.8, 4) is 11.5 Å². The molecule has 31 heavy (non-hydrogen) atoms. The Bertz CT molecular complexity index is 999. The van der Waals surface area contributed by atoms with E-state index in [-0.39, 0.29) is 17.5 Å². The van der Waals surface area contributed by atoms with Crippen LogP contribution in [0.3, 0.4) is 0 Å². The molecule has 1 aliphatic rings. The SMILES string of the molecule is CCOc1cc([C@@H](CC(=O)NOC(C)=O)N2C(=O)c3ccccc3C2=O)ccc1OC. The van der Waals surface area contributed by atoms with Crippen LogP contribution in [0.4, 0.5) is 0 Å². The minimum Gasteiger partial charge on any atom is -0.493 e. The Kier molecular flexibility index (Phi) is 6.54. The molecule has 0 radical (unpaired) electrons. The third-order valence-electron chi connectivity index (χ3n) is 4.70. The van der Waals surface area contributed by atoms with Gasteiger partial charge in [-0.2, -0.15) is 5.48 Å². The molecule has 1 heterocycles. The summed E-state index contributed by atoms with van der Waals surface area (Å²) in [6.07, 6.45) is -0.323. The maximum Gasteiger partial charge on any atom is 0.329 e. The molecule has 3 amide bonds. The summed E-state index contributed by atoms with van der Waals surface area (Å²) in [5.41, 5.74) is 3.03. The van der Waals surface area contributed by atoms with Gasteiger partial charge in [0.15, 0.2) is 11.5 Å². The van der Waals surface area contributed by atoms with Crippen molar-refractivity contribution < 1.29 is 33.5 Å². The standard InChI is InChI=1S/C22H22N2O7/c1-4-30-19-11-14(9-10-18(19)29-3)17(12-20(26)23-31-13(2)25)24-21(27)15-7-5-6-8-16(15)22(24)28/h5-11,17H,4,12H2,1-3H3,(H,23,26)/t17-/m1/s1. The van der Waals surface area contributed by atoms with Gasteiger partial charge in [-0.25, -0.2) is 0 Å². The number of nitrogens with zero attached hydrogens (tertiary/aromatic N) is 1. The molecule has 2 aromatic carbocycles. The molecule has 1 atom stereocenters. The van der Waals surface area contributed by atoms with Gasteiger partial charge in [0, 0.05) is 6.92 Å². The summed E-state index contributed by atoms with van der Waals surface area (Å²) < 4.78 is 10.9. The number of carbonyl (C=O) groups excluding carboxylic acids is 4. The lowest BCUT2D eigenvalue weighted by molar-refractivity contribution is -0.156. The smallest absolute Gasteiger partial charge is 0.329 e. The number of imide groups is 1. The fourth-order valence-corrected chi connectivity index (χ4v) is 3.36. The molecule has 1 aliphatic heterocycles. The normalized spacial score (nSPS) is 13.5. The average molecular weight is 426 g/mol. The quantitative estimate of drug-likeness (QED) is 0.535. The largest absolute Gasteiger partial charge is 0.493 e. The minimum absolute atomic E-state index is 0.261. The van der Waals surface area contributed by atoms with E-state index < -0.39 is 29.7 Å².